The third-order valence-corrected chi connectivity index (χ3v) is 14.4. The van der Waals surface area contributed by atoms with Crippen molar-refractivity contribution in [1.82, 2.24) is 25.2 Å². The van der Waals surface area contributed by atoms with E-state index < -0.39 is 63.5 Å². The highest BCUT2D eigenvalue weighted by atomic mass is 35.5. The van der Waals surface area contributed by atoms with E-state index in [1.165, 1.54) is 23.1 Å². The molecule has 1 unspecified atom stereocenters. The number of ether oxygens (including phenoxy) is 4. The molecule has 4 amide bonds. The fraction of sp³-hybridized carbons (Fsp3) is 0.327. The molecule has 2 bridgehead atoms. The van der Waals surface area contributed by atoms with Gasteiger partial charge in [0.1, 0.15) is 58.6 Å². The number of fused-ring (bicyclic) bond motifs is 5. The zero-order valence-corrected chi connectivity index (χ0v) is 37.6. The molecule has 3 heterocycles. The van der Waals surface area contributed by atoms with Gasteiger partial charge >= 0.3 is 6.09 Å². The number of hydrogen-bond donors (Lipinski definition) is 3. The van der Waals surface area contributed by atoms with Crippen LogP contribution in [0.4, 0.5) is 4.79 Å². The van der Waals surface area contributed by atoms with Gasteiger partial charge in [0.2, 0.25) is 11.8 Å². The Morgan fingerprint density at radius 3 is 2.52 bits per heavy atom. The Kier molecular flexibility index (Phi) is 12.6. The molecule has 4 aromatic carbocycles. The third-order valence-electron chi connectivity index (χ3n) is 12.5. The van der Waals surface area contributed by atoms with Gasteiger partial charge in [-0.3, -0.25) is 14.4 Å². The molecule has 0 spiro atoms. The molecule has 4 aliphatic rings. The number of rotatable bonds is 9. The first kappa shape index (κ1) is 44.5. The van der Waals surface area contributed by atoms with E-state index in [2.05, 4.69) is 15.4 Å². The molecule has 2 saturated carbocycles. The van der Waals surface area contributed by atoms with Crippen molar-refractivity contribution in [3.8, 4) is 28.5 Å². The van der Waals surface area contributed by atoms with Gasteiger partial charge in [0.25, 0.3) is 15.9 Å². The van der Waals surface area contributed by atoms with Crippen molar-refractivity contribution in [3.05, 3.63) is 126 Å². The van der Waals surface area contributed by atoms with Gasteiger partial charge in [-0.2, -0.15) is 0 Å². The minimum Gasteiger partial charge on any atom is -0.497 e. The van der Waals surface area contributed by atoms with Gasteiger partial charge in [-0.15, -0.1) is 0 Å². The Hall–Kier alpha value is -6.65. The van der Waals surface area contributed by atoms with Crippen molar-refractivity contribution in [1.29, 1.82) is 0 Å². The maximum Gasteiger partial charge on any atom is 0.408 e. The smallest absolute Gasteiger partial charge is 0.408 e. The highest BCUT2D eigenvalue weighted by Gasteiger charge is 2.62. The SMILES string of the molecule is COc1ccc2c(O[C@@H]3C[C@H]4C(=O)N[C@@]5(C(=O)NS(=O)(=O)c6ccccc6Cl)CC5/C=C\COc5cccc(c5)C[C@@H](NC(=O)OC5CCCC5)C(=O)N4C3)cc(-c3ccccc3)nc2c1. The molecule has 3 N–H and O–H groups in total. The van der Waals surface area contributed by atoms with E-state index in [1.54, 1.807) is 55.7 Å². The average Bonchev–Trinajstić information content (AvgIpc) is 3.56. The fourth-order valence-electron chi connectivity index (χ4n) is 9.02. The fourth-order valence-corrected chi connectivity index (χ4v) is 10.6. The number of sulfonamides is 1. The van der Waals surface area contributed by atoms with Crippen LogP contribution in [0.2, 0.25) is 5.02 Å². The van der Waals surface area contributed by atoms with Crippen LogP contribution < -0.4 is 29.6 Å². The zero-order valence-electron chi connectivity index (χ0n) is 36.0. The highest BCUT2D eigenvalue weighted by molar-refractivity contribution is 7.90. The van der Waals surface area contributed by atoms with Gasteiger partial charge in [-0.05, 0) is 74.1 Å². The number of halogens is 1. The quantitative estimate of drug-likeness (QED) is 0.136. The molecular formula is C49H48ClN5O10S. The summed E-state index contributed by atoms with van der Waals surface area (Å²) >= 11 is 6.24. The summed E-state index contributed by atoms with van der Waals surface area (Å²) in [6.45, 7) is -0.0182. The first-order chi connectivity index (χ1) is 31.9. The number of hydrogen-bond acceptors (Lipinski definition) is 11. The van der Waals surface area contributed by atoms with E-state index in [1.807, 2.05) is 48.5 Å². The van der Waals surface area contributed by atoms with E-state index >= 15 is 4.79 Å². The van der Waals surface area contributed by atoms with E-state index in [9.17, 15) is 22.8 Å². The van der Waals surface area contributed by atoms with Crippen LogP contribution >= 0.6 is 11.6 Å². The summed E-state index contributed by atoms with van der Waals surface area (Å²) in [5.41, 5.74) is 0.985. The third kappa shape index (κ3) is 9.51. The molecule has 342 valence electrons. The van der Waals surface area contributed by atoms with Gasteiger partial charge in [-0.1, -0.05) is 78.4 Å². The highest BCUT2D eigenvalue weighted by Crippen LogP contribution is 2.46. The normalized spacial score (nSPS) is 23.7. The van der Waals surface area contributed by atoms with Crippen LogP contribution in [0.3, 0.4) is 0 Å². The lowest BCUT2D eigenvalue weighted by atomic mass is 10.0. The second-order valence-corrected chi connectivity index (χ2v) is 19.0. The van der Waals surface area contributed by atoms with Crippen LogP contribution in [0, 0.1) is 5.92 Å². The zero-order chi connectivity index (χ0) is 46.0. The first-order valence-electron chi connectivity index (χ1n) is 21.9. The number of aromatic nitrogens is 1. The Labute approximate surface area is 386 Å². The molecular weight excluding hydrogens is 886 g/mol. The lowest BCUT2D eigenvalue weighted by Gasteiger charge is -2.30. The van der Waals surface area contributed by atoms with E-state index in [0.29, 0.717) is 52.3 Å². The molecule has 2 aliphatic carbocycles. The number of pyridine rings is 1. The summed E-state index contributed by atoms with van der Waals surface area (Å²) in [4.78, 5) is 63.8. The maximum atomic E-state index is 15.1. The van der Waals surface area contributed by atoms with Gasteiger partial charge < -0.3 is 34.5 Å². The van der Waals surface area contributed by atoms with Gasteiger partial charge in [0.05, 0.1) is 29.9 Å². The number of benzene rings is 4. The molecule has 2 aliphatic heterocycles. The number of carbonyl (C=O) groups is 4. The van der Waals surface area contributed by atoms with Crippen molar-refractivity contribution in [2.75, 3.05) is 20.3 Å². The summed E-state index contributed by atoms with van der Waals surface area (Å²) in [7, 11) is -2.93. The van der Waals surface area contributed by atoms with Gasteiger partial charge in [-0.25, -0.2) is 22.9 Å². The molecule has 1 saturated heterocycles. The number of methoxy groups -OCH3 is 1. The van der Waals surface area contributed by atoms with Crippen LogP contribution in [0.1, 0.15) is 44.1 Å². The molecule has 1 aromatic heterocycles. The minimum atomic E-state index is -4.49. The lowest BCUT2D eigenvalue weighted by Crippen LogP contribution is -2.58. The molecule has 5 atom stereocenters. The molecule has 9 rings (SSSR count). The summed E-state index contributed by atoms with van der Waals surface area (Å²) in [5.74, 6) is -1.42. The van der Waals surface area contributed by atoms with Crippen molar-refractivity contribution in [2.45, 2.75) is 79.7 Å². The van der Waals surface area contributed by atoms with Crippen LogP contribution in [0.5, 0.6) is 17.2 Å². The van der Waals surface area contributed by atoms with Gasteiger partial charge in [0, 0.05) is 41.8 Å². The topological polar surface area (TPSA) is 192 Å². The second-order valence-electron chi connectivity index (χ2n) is 17.0. The molecule has 5 aromatic rings. The lowest BCUT2D eigenvalue weighted by molar-refractivity contribution is -0.141. The second kappa shape index (κ2) is 18.7. The molecule has 15 nitrogen and oxygen atoms in total. The number of amides is 4. The summed E-state index contributed by atoms with van der Waals surface area (Å²) < 4.78 is 53.4. The Bertz CT molecular complexity index is 2820. The number of alkyl carbamates (subject to hydrolysis) is 1. The van der Waals surface area contributed by atoms with Crippen LogP contribution in [0.25, 0.3) is 22.2 Å². The summed E-state index contributed by atoms with van der Waals surface area (Å²) in [6, 6.07) is 27.1. The predicted octanol–water partition coefficient (Wildman–Crippen LogP) is 6.52. The molecule has 17 heteroatoms. The average molecular weight is 934 g/mol. The summed E-state index contributed by atoms with van der Waals surface area (Å²) in [6.07, 6.45) is 4.87. The van der Waals surface area contributed by atoms with Gasteiger partial charge in [0.15, 0.2) is 0 Å². The van der Waals surface area contributed by atoms with Crippen LogP contribution in [0.15, 0.2) is 120 Å². The first-order valence-corrected chi connectivity index (χ1v) is 23.8. The predicted molar refractivity (Wildman–Crippen MR) is 244 cm³/mol. The maximum absolute atomic E-state index is 15.1. The van der Waals surface area contributed by atoms with Crippen molar-refractivity contribution >= 4 is 56.3 Å². The Morgan fingerprint density at radius 1 is 0.939 bits per heavy atom. The van der Waals surface area contributed by atoms with Crippen molar-refractivity contribution < 1.29 is 46.5 Å². The molecule has 66 heavy (non-hydrogen) atoms. The van der Waals surface area contributed by atoms with E-state index in [0.717, 1.165) is 18.4 Å². The standard InChI is InChI=1S/C49H48ClN5O10S/c1-62-34-20-21-37-40(25-34)51-39(31-12-3-2-4-13-31)27-43(37)64-36-26-42-45(56)53-49(47(58)54-66(60,61)44-19-8-7-18-38(44)50)28-32(49)14-10-22-63-35-17-9-11-30(23-35)24-41(46(57)55(42)29-36)52-48(59)65-33-15-5-6-16-33/h2-4,7-14,17-21,23,25,27,32-33,36,41-42H,5-6,15-16,22,24,26,28-29H2,1H3,(H,52,59)(H,53,56)(H,54,58)/b14-10-/t32?,36-,41-,42+,49+/m1/s1. The van der Waals surface area contributed by atoms with Crippen molar-refractivity contribution in [2.24, 2.45) is 5.92 Å². The molecule has 3 fully saturated rings. The van der Waals surface area contributed by atoms with E-state index in [4.69, 9.17) is 35.5 Å². The van der Waals surface area contributed by atoms with E-state index in [-0.39, 0.29) is 48.4 Å². The molecule has 0 radical (unpaired) electrons. The number of nitrogens with one attached hydrogen (secondary N) is 3. The largest absolute Gasteiger partial charge is 0.497 e. The monoisotopic (exact) mass is 933 g/mol. The van der Waals surface area contributed by atoms with Crippen LogP contribution in [-0.2, 0) is 35.6 Å². The summed E-state index contributed by atoms with van der Waals surface area (Å²) in [5, 5.41) is 6.25. The minimum absolute atomic E-state index is 0.0214. The van der Waals surface area contributed by atoms with Crippen LogP contribution in [-0.4, -0.2) is 92.2 Å². The Balaban J connectivity index is 1.08. The number of nitrogens with zero attached hydrogens (tertiary/aromatic N) is 2. The van der Waals surface area contributed by atoms with Crippen molar-refractivity contribution in [3.63, 3.8) is 0 Å². The number of carbonyl (C=O) groups excluding carboxylic acids is 4. The Morgan fingerprint density at radius 2 is 1.73 bits per heavy atom.